The zero-order chi connectivity index (χ0) is 25.0. The average molecular weight is 535 g/mol. The Hall–Kier alpha value is -3.60. The van der Waals surface area contributed by atoms with E-state index < -0.39 is 5.91 Å². The van der Waals surface area contributed by atoms with Crippen LogP contribution in [-0.2, 0) is 9.53 Å². The number of amides is 1. The van der Waals surface area contributed by atoms with Crippen LogP contribution in [0.4, 0.5) is 5.69 Å². The number of aryl methyl sites for hydroxylation is 2. The molecule has 0 aliphatic carbocycles. The van der Waals surface area contributed by atoms with Crippen molar-refractivity contribution in [3.05, 3.63) is 93.5 Å². The molecule has 180 valence electrons. The van der Waals surface area contributed by atoms with Crippen LogP contribution in [0, 0.1) is 25.2 Å². The van der Waals surface area contributed by atoms with E-state index in [4.69, 9.17) is 14.2 Å². The van der Waals surface area contributed by atoms with Crippen LogP contribution < -0.4 is 14.8 Å². The molecule has 7 heteroatoms. The molecule has 0 aliphatic heterocycles. The number of benzene rings is 3. The largest absolute Gasteiger partial charge is 0.491 e. The van der Waals surface area contributed by atoms with Gasteiger partial charge in [-0.25, -0.2) is 0 Å². The van der Waals surface area contributed by atoms with E-state index in [1.807, 2.05) is 62.4 Å². The van der Waals surface area contributed by atoms with Crippen LogP contribution in [0.2, 0.25) is 0 Å². The summed E-state index contributed by atoms with van der Waals surface area (Å²) in [6.45, 7) is 5.53. The van der Waals surface area contributed by atoms with E-state index in [2.05, 4.69) is 21.2 Å². The zero-order valence-electron chi connectivity index (χ0n) is 19.7. The maximum atomic E-state index is 12.6. The van der Waals surface area contributed by atoms with Crippen molar-refractivity contribution in [2.75, 3.05) is 31.7 Å². The van der Waals surface area contributed by atoms with Gasteiger partial charge in [0.05, 0.1) is 13.2 Å². The van der Waals surface area contributed by atoms with Crippen LogP contribution in [-0.4, -0.2) is 32.3 Å². The van der Waals surface area contributed by atoms with Crippen LogP contribution in [0.1, 0.15) is 16.7 Å². The van der Waals surface area contributed by atoms with Crippen molar-refractivity contribution in [3.63, 3.8) is 0 Å². The molecule has 0 atom stereocenters. The molecule has 0 heterocycles. The SMILES string of the molecule is Cc1ccc(NC(=O)/C(C#N)=C/c2cc(Br)ccc2OCCOCCOc2cccc(C)c2)cc1. The molecule has 0 bridgehead atoms. The minimum absolute atomic E-state index is 0.0296. The first kappa shape index (κ1) is 26.0. The maximum Gasteiger partial charge on any atom is 0.266 e. The van der Waals surface area contributed by atoms with E-state index in [0.29, 0.717) is 43.4 Å². The van der Waals surface area contributed by atoms with Crippen molar-refractivity contribution in [1.29, 1.82) is 5.26 Å². The molecule has 0 spiro atoms. The first-order valence-electron chi connectivity index (χ1n) is 11.1. The fraction of sp³-hybridized carbons (Fsp3) is 0.214. The summed E-state index contributed by atoms with van der Waals surface area (Å²) in [4.78, 5) is 12.6. The van der Waals surface area contributed by atoms with Crippen molar-refractivity contribution < 1.29 is 19.0 Å². The number of ether oxygens (including phenoxy) is 3. The number of carbonyl (C=O) groups excluding carboxylic acids is 1. The lowest BCUT2D eigenvalue weighted by Gasteiger charge is -2.11. The van der Waals surface area contributed by atoms with Gasteiger partial charge >= 0.3 is 0 Å². The summed E-state index contributed by atoms with van der Waals surface area (Å²) >= 11 is 3.43. The fourth-order valence-corrected chi connectivity index (χ4v) is 3.52. The van der Waals surface area contributed by atoms with Gasteiger partial charge in [0.15, 0.2) is 0 Å². The van der Waals surface area contributed by atoms with E-state index in [0.717, 1.165) is 21.3 Å². The summed E-state index contributed by atoms with van der Waals surface area (Å²) in [5, 5.41) is 12.3. The third-order valence-electron chi connectivity index (χ3n) is 4.92. The summed E-state index contributed by atoms with van der Waals surface area (Å²) in [5.74, 6) is 0.874. The summed E-state index contributed by atoms with van der Waals surface area (Å²) in [6.07, 6.45) is 1.51. The van der Waals surface area contributed by atoms with Crippen molar-refractivity contribution >= 4 is 33.6 Å². The molecular formula is C28H27BrN2O4. The molecule has 0 saturated heterocycles. The number of nitrogens with one attached hydrogen (secondary N) is 1. The first-order valence-corrected chi connectivity index (χ1v) is 11.9. The predicted octanol–water partition coefficient (Wildman–Crippen LogP) is 6.09. The van der Waals surface area contributed by atoms with E-state index in [9.17, 15) is 10.1 Å². The van der Waals surface area contributed by atoms with Gasteiger partial charge in [0.25, 0.3) is 5.91 Å². The lowest BCUT2D eigenvalue weighted by Crippen LogP contribution is -2.14. The Labute approximate surface area is 214 Å². The summed E-state index contributed by atoms with van der Waals surface area (Å²) < 4.78 is 17.9. The van der Waals surface area contributed by atoms with Crippen LogP contribution in [0.3, 0.4) is 0 Å². The number of hydrogen-bond acceptors (Lipinski definition) is 5. The van der Waals surface area contributed by atoms with Gasteiger partial charge in [-0.15, -0.1) is 0 Å². The molecule has 6 nitrogen and oxygen atoms in total. The third kappa shape index (κ3) is 8.60. The Morgan fingerprint density at radius 3 is 2.40 bits per heavy atom. The topological polar surface area (TPSA) is 80.6 Å². The predicted molar refractivity (Wildman–Crippen MR) is 141 cm³/mol. The van der Waals surface area contributed by atoms with Gasteiger partial charge in [0.1, 0.15) is 36.4 Å². The summed E-state index contributed by atoms with van der Waals surface area (Å²) in [5.41, 5.74) is 3.42. The zero-order valence-corrected chi connectivity index (χ0v) is 21.3. The standard InChI is InChI=1S/C28H27BrN2O4/c1-20-6-9-25(10-7-20)31-28(32)23(19-30)17-22-18-24(29)8-11-27(22)35-15-13-33-12-14-34-26-5-3-4-21(2)16-26/h3-11,16-18H,12-15H2,1-2H3,(H,31,32)/b23-17+. The smallest absolute Gasteiger partial charge is 0.266 e. The van der Waals surface area contributed by atoms with Gasteiger partial charge in [-0.2, -0.15) is 5.26 Å². The lowest BCUT2D eigenvalue weighted by molar-refractivity contribution is -0.112. The minimum Gasteiger partial charge on any atom is -0.491 e. The van der Waals surface area contributed by atoms with Crippen molar-refractivity contribution in [2.24, 2.45) is 0 Å². The molecule has 35 heavy (non-hydrogen) atoms. The average Bonchev–Trinajstić information content (AvgIpc) is 2.84. The molecule has 3 aromatic rings. The highest BCUT2D eigenvalue weighted by Gasteiger charge is 2.12. The highest BCUT2D eigenvalue weighted by molar-refractivity contribution is 9.10. The third-order valence-corrected chi connectivity index (χ3v) is 5.41. The molecular weight excluding hydrogens is 508 g/mol. The molecule has 0 fully saturated rings. The Kier molecular flexibility index (Phi) is 9.91. The van der Waals surface area contributed by atoms with Gasteiger partial charge in [-0.1, -0.05) is 45.8 Å². The number of carbonyl (C=O) groups is 1. The maximum absolute atomic E-state index is 12.6. The number of nitrogens with zero attached hydrogens (tertiary/aromatic N) is 1. The van der Waals surface area contributed by atoms with Gasteiger partial charge in [0, 0.05) is 15.7 Å². The molecule has 3 aromatic carbocycles. The normalized spacial score (nSPS) is 11.0. The second-order valence-corrected chi connectivity index (χ2v) is 8.71. The van der Waals surface area contributed by atoms with Crippen molar-refractivity contribution in [2.45, 2.75) is 13.8 Å². The Balaban J connectivity index is 1.53. The number of anilines is 1. The second kappa shape index (κ2) is 13.3. The highest BCUT2D eigenvalue weighted by Crippen LogP contribution is 2.26. The first-order chi connectivity index (χ1) is 16.9. The number of halogens is 1. The Morgan fingerprint density at radius 1 is 0.943 bits per heavy atom. The van der Waals surface area contributed by atoms with E-state index in [1.54, 1.807) is 24.3 Å². The van der Waals surface area contributed by atoms with Crippen LogP contribution >= 0.6 is 15.9 Å². The second-order valence-electron chi connectivity index (χ2n) is 7.80. The molecule has 1 amide bonds. The summed E-state index contributed by atoms with van der Waals surface area (Å²) in [7, 11) is 0. The molecule has 0 unspecified atom stereocenters. The van der Waals surface area contributed by atoms with E-state index in [-0.39, 0.29) is 5.57 Å². The van der Waals surface area contributed by atoms with Gasteiger partial charge in [0.2, 0.25) is 0 Å². The number of rotatable bonds is 11. The summed E-state index contributed by atoms with van der Waals surface area (Å²) in [6, 6.07) is 22.6. The van der Waals surface area contributed by atoms with Crippen LogP contribution in [0.25, 0.3) is 6.08 Å². The molecule has 0 aliphatic rings. The molecule has 1 N–H and O–H groups in total. The highest BCUT2D eigenvalue weighted by atomic mass is 79.9. The minimum atomic E-state index is -0.487. The van der Waals surface area contributed by atoms with E-state index in [1.165, 1.54) is 6.08 Å². The van der Waals surface area contributed by atoms with Crippen molar-refractivity contribution in [1.82, 2.24) is 0 Å². The monoisotopic (exact) mass is 534 g/mol. The van der Waals surface area contributed by atoms with Gasteiger partial charge < -0.3 is 19.5 Å². The number of hydrogen-bond donors (Lipinski definition) is 1. The molecule has 0 saturated carbocycles. The van der Waals surface area contributed by atoms with Gasteiger partial charge in [-0.05, 0) is 68.0 Å². The Bertz CT molecular complexity index is 1220. The molecule has 0 radical (unpaired) electrons. The molecule has 0 aromatic heterocycles. The number of nitriles is 1. The Morgan fingerprint density at radius 2 is 1.69 bits per heavy atom. The van der Waals surface area contributed by atoms with E-state index >= 15 is 0 Å². The quantitative estimate of drug-likeness (QED) is 0.183. The van der Waals surface area contributed by atoms with Crippen LogP contribution in [0.15, 0.2) is 76.8 Å². The lowest BCUT2D eigenvalue weighted by atomic mass is 10.1. The van der Waals surface area contributed by atoms with Gasteiger partial charge in [-0.3, -0.25) is 4.79 Å². The fourth-order valence-electron chi connectivity index (χ4n) is 3.14. The van der Waals surface area contributed by atoms with Crippen LogP contribution in [0.5, 0.6) is 11.5 Å². The molecule has 3 rings (SSSR count). The van der Waals surface area contributed by atoms with Crippen molar-refractivity contribution in [3.8, 4) is 17.6 Å².